The number of aliphatic imine (C=N–C) groups is 1. The standard InChI is InChI=1S/C20H12F4N2O/c21-14-5-7-18(16(23)9-14)25-11-12-1-3-13(4-2-12)20(27)26-19-8-6-15(22)10-17(19)24/h1-11H,(H,26,27). The first kappa shape index (κ1) is 18.3. The second kappa shape index (κ2) is 7.82. The highest BCUT2D eigenvalue weighted by molar-refractivity contribution is 6.04. The lowest BCUT2D eigenvalue weighted by Crippen LogP contribution is -2.13. The van der Waals surface area contributed by atoms with Crippen LogP contribution in [0.25, 0.3) is 0 Å². The van der Waals surface area contributed by atoms with E-state index in [-0.39, 0.29) is 16.9 Å². The molecular formula is C20H12F4N2O. The second-order valence-corrected chi connectivity index (χ2v) is 5.55. The van der Waals surface area contributed by atoms with E-state index in [1.54, 1.807) is 12.1 Å². The molecule has 0 atom stereocenters. The van der Waals surface area contributed by atoms with Gasteiger partial charge in [0.2, 0.25) is 0 Å². The molecule has 3 aromatic rings. The number of nitrogens with one attached hydrogen (secondary N) is 1. The van der Waals surface area contributed by atoms with Gasteiger partial charge in [0.25, 0.3) is 5.91 Å². The molecule has 3 rings (SSSR count). The molecule has 0 heterocycles. The van der Waals surface area contributed by atoms with Crippen LogP contribution in [0.1, 0.15) is 15.9 Å². The largest absolute Gasteiger partial charge is 0.319 e. The minimum absolute atomic E-state index is 0.0231. The fourth-order valence-corrected chi connectivity index (χ4v) is 2.24. The van der Waals surface area contributed by atoms with Crippen molar-refractivity contribution in [2.75, 3.05) is 5.32 Å². The average Bonchev–Trinajstić information content (AvgIpc) is 2.64. The Morgan fingerprint density at radius 3 is 2.07 bits per heavy atom. The van der Waals surface area contributed by atoms with Crippen LogP contribution in [-0.2, 0) is 0 Å². The summed E-state index contributed by atoms with van der Waals surface area (Å²) >= 11 is 0. The maximum absolute atomic E-state index is 13.6. The predicted octanol–water partition coefficient (Wildman–Crippen LogP) is 5.25. The zero-order valence-corrected chi connectivity index (χ0v) is 13.7. The SMILES string of the molecule is O=C(Nc1ccc(F)cc1F)c1ccc(C=Nc2ccc(F)cc2F)cc1. The molecule has 0 saturated heterocycles. The van der Waals surface area contributed by atoms with Crippen LogP contribution in [0, 0.1) is 23.3 Å². The molecule has 3 aromatic carbocycles. The van der Waals surface area contributed by atoms with E-state index in [1.807, 2.05) is 0 Å². The van der Waals surface area contributed by atoms with Crippen molar-refractivity contribution in [3.8, 4) is 0 Å². The van der Waals surface area contributed by atoms with Gasteiger partial charge in [-0.15, -0.1) is 0 Å². The maximum Gasteiger partial charge on any atom is 0.255 e. The van der Waals surface area contributed by atoms with E-state index in [4.69, 9.17) is 0 Å². The molecule has 136 valence electrons. The molecule has 0 bridgehead atoms. The van der Waals surface area contributed by atoms with E-state index >= 15 is 0 Å². The van der Waals surface area contributed by atoms with Gasteiger partial charge >= 0.3 is 0 Å². The van der Waals surface area contributed by atoms with Crippen LogP contribution in [0.3, 0.4) is 0 Å². The molecule has 3 nitrogen and oxygen atoms in total. The number of halogens is 4. The van der Waals surface area contributed by atoms with Crippen LogP contribution in [0.2, 0.25) is 0 Å². The lowest BCUT2D eigenvalue weighted by atomic mass is 10.1. The van der Waals surface area contributed by atoms with Crippen LogP contribution in [0.5, 0.6) is 0 Å². The Bertz CT molecular complexity index is 1020. The van der Waals surface area contributed by atoms with Crippen LogP contribution in [0.15, 0.2) is 65.7 Å². The van der Waals surface area contributed by atoms with E-state index in [2.05, 4.69) is 10.3 Å². The minimum Gasteiger partial charge on any atom is -0.319 e. The molecule has 0 saturated carbocycles. The van der Waals surface area contributed by atoms with Crippen LogP contribution in [0.4, 0.5) is 28.9 Å². The molecule has 1 amide bonds. The number of rotatable bonds is 4. The number of amides is 1. The molecule has 0 unspecified atom stereocenters. The van der Waals surface area contributed by atoms with Gasteiger partial charge in [0, 0.05) is 23.9 Å². The van der Waals surface area contributed by atoms with Crippen LogP contribution < -0.4 is 5.32 Å². The Morgan fingerprint density at radius 1 is 0.815 bits per heavy atom. The summed E-state index contributed by atoms with van der Waals surface area (Å²) in [4.78, 5) is 16.1. The fourth-order valence-electron chi connectivity index (χ4n) is 2.24. The third-order valence-electron chi connectivity index (χ3n) is 3.61. The summed E-state index contributed by atoms with van der Waals surface area (Å²) in [6, 6.07) is 11.9. The maximum atomic E-state index is 13.6. The van der Waals surface area contributed by atoms with Gasteiger partial charge in [0.1, 0.15) is 17.5 Å². The van der Waals surface area contributed by atoms with Crippen molar-refractivity contribution in [1.82, 2.24) is 0 Å². The Labute approximate surface area is 152 Å². The third-order valence-corrected chi connectivity index (χ3v) is 3.61. The van der Waals surface area contributed by atoms with Crippen molar-refractivity contribution in [3.63, 3.8) is 0 Å². The molecule has 0 aromatic heterocycles. The Balaban J connectivity index is 1.71. The quantitative estimate of drug-likeness (QED) is 0.493. The Kier molecular flexibility index (Phi) is 5.30. The zero-order chi connectivity index (χ0) is 19.4. The summed E-state index contributed by atoms with van der Waals surface area (Å²) in [5, 5.41) is 2.34. The lowest BCUT2D eigenvalue weighted by molar-refractivity contribution is 0.102. The summed E-state index contributed by atoms with van der Waals surface area (Å²) < 4.78 is 52.9. The summed E-state index contributed by atoms with van der Waals surface area (Å²) in [7, 11) is 0. The highest BCUT2D eigenvalue weighted by Gasteiger charge is 2.10. The van der Waals surface area contributed by atoms with E-state index in [1.165, 1.54) is 24.4 Å². The minimum atomic E-state index is -0.881. The number of anilines is 1. The van der Waals surface area contributed by atoms with Gasteiger partial charge < -0.3 is 5.32 Å². The van der Waals surface area contributed by atoms with E-state index in [0.29, 0.717) is 11.6 Å². The van der Waals surface area contributed by atoms with Crippen molar-refractivity contribution in [3.05, 3.63) is 95.1 Å². The van der Waals surface area contributed by atoms with E-state index < -0.39 is 29.2 Å². The molecule has 0 aliphatic heterocycles. The number of hydrogen-bond acceptors (Lipinski definition) is 2. The monoisotopic (exact) mass is 372 g/mol. The first-order chi connectivity index (χ1) is 12.9. The number of carbonyl (C=O) groups excluding carboxylic acids is 1. The second-order valence-electron chi connectivity index (χ2n) is 5.55. The normalized spacial score (nSPS) is 11.0. The van der Waals surface area contributed by atoms with Crippen molar-refractivity contribution < 1.29 is 22.4 Å². The molecular weight excluding hydrogens is 360 g/mol. The van der Waals surface area contributed by atoms with Crippen molar-refractivity contribution in [1.29, 1.82) is 0 Å². The van der Waals surface area contributed by atoms with E-state index in [9.17, 15) is 22.4 Å². The Morgan fingerprint density at radius 2 is 1.44 bits per heavy atom. The first-order valence-corrected chi connectivity index (χ1v) is 7.78. The number of hydrogen-bond donors (Lipinski definition) is 1. The van der Waals surface area contributed by atoms with Crippen molar-refractivity contribution >= 4 is 23.5 Å². The van der Waals surface area contributed by atoms with Gasteiger partial charge in [-0.1, -0.05) is 12.1 Å². The first-order valence-electron chi connectivity index (χ1n) is 7.78. The Hall–Kier alpha value is -3.48. The van der Waals surface area contributed by atoms with E-state index in [0.717, 1.165) is 24.3 Å². The lowest BCUT2D eigenvalue weighted by Gasteiger charge is -2.06. The van der Waals surface area contributed by atoms with Crippen LogP contribution >= 0.6 is 0 Å². The van der Waals surface area contributed by atoms with Gasteiger partial charge in [-0.3, -0.25) is 9.79 Å². The molecule has 0 radical (unpaired) electrons. The third kappa shape index (κ3) is 4.58. The summed E-state index contributed by atoms with van der Waals surface area (Å²) in [5.41, 5.74) is 0.649. The molecule has 0 aliphatic carbocycles. The highest BCUT2D eigenvalue weighted by Crippen LogP contribution is 2.19. The molecule has 1 N–H and O–H groups in total. The molecule has 0 fully saturated rings. The molecule has 7 heteroatoms. The van der Waals surface area contributed by atoms with Gasteiger partial charge in [-0.25, -0.2) is 17.6 Å². The van der Waals surface area contributed by atoms with Gasteiger partial charge in [-0.2, -0.15) is 0 Å². The predicted molar refractivity (Wildman–Crippen MR) is 94.4 cm³/mol. The fraction of sp³-hybridized carbons (Fsp3) is 0. The van der Waals surface area contributed by atoms with Crippen LogP contribution in [-0.4, -0.2) is 12.1 Å². The average molecular weight is 372 g/mol. The summed E-state index contributed by atoms with van der Waals surface area (Å²) in [6.45, 7) is 0. The smallest absolute Gasteiger partial charge is 0.255 e. The van der Waals surface area contributed by atoms with Crippen molar-refractivity contribution in [2.45, 2.75) is 0 Å². The molecule has 0 aliphatic rings. The number of benzene rings is 3. The molecule has 0 spiro atoms. The summed E-state index contributed by atoms with van der Waals surface area (Å²) in [6.07, 6.45) is 1.36. The highest BCUT2D eigenvalue weighted by atomic mass is 19.1. The summed E-state index contributed by atoms with van der Waals surface area (Å²) in [5.74, 6) is -3.68. The molecule has 27 heavy (non-hydrogen) atoms. The zero-order valence-electron chi connectivity index (χ0n) is 13.7. The topological polar surface area (TPSA) is 41.5 Å². The van der Waals surface area contributed by atoms with Crippen molar-refractivity contribution in [2.24, 2.45) is 4.99 Å². The van der Waals surface area contributed by atoms with Gasteiger partial charge in [0.05, 0.1) is 11.4 Å². The van der Waals surface area contributed by atoms with Gasteiger partial charge in [0.15, 0.2) is 5.82 Å². The number of nitrogens with zero attached hydrogens (tertiary/aromatic N) is 1. The number of carbonyl (C=O) groups is 1. The van der Waals surface area contributed by atoms with Gasteiger partial charge in [-0.05, 0) is 42.0 Å².